The van der Waals surface area contributed by atoms with E-state index in [4.69, 9.17) is 4.74 Å². The predicted octanol–water partition coefficient (Wildman–Crippen LogP) is 0.798. The first kappa shape index (κ1) is 21.3. The fourth-order valence-corrected chi connectivity index (χ4v) is 5.73. The molecule has 3 atom stereocenters. The number of aromatic amines is 2. The molecular weight excluding hydrogens is 436 g/mol. The maximum absolute atomic E-state index is 13.5. The van der Waals surface area contributed by atoms with Gasteiger partial charge >= 0.3 is 5.69 Å². The van der Waals surface area contributed by atoms with Gasteiger partial charge in [0.05, 0.1) is 18.8 Å². The van der Waals surface area contributed by atoms with Gasteiger partial charge in [0, 0.05) is 42.4 Å². The molecule has 2 saturated heterocycles. The van der Waals surface area contributed by atoms with Gasteiger partial charge in [0.15, 0.2) is 0 Å². The van der Waals surface area contributed by atoms with Crippen molar-refractivity contribution in [3.8, 4) is 0 Å². The van der Waals surface area contributed by atoms with Crippen molar-refractivity contribution in [2.75, 3.05) is 26.2 Å². The van der Waals surface area contributed by atoms with E-state index in [2.05, 4.69) is 22.1 Å². The highest BCUT2D eigenvalue weighted by molar-refractivity contribution is 5.94. The molecule has 3 fully saturated rings. The van der Waals surface area contributed by atoms with Crippen LogP contribution in [-0.4, -0.2) is 70.0 Å². The minimum Gasteiger partial charge on any atom is -0.372 e. The van der Waals surface area contributed by atoms with Crippen LogP contribution in [0.3, 0.4) is 0 Å². The third kappa shape index (κ3) is 3.77. The van der Waals surface area contributed by atoms with Crippen molar-refractivity contribution in [3.63, 3.8) is 0 Å². The number of nitrogens with zero attached hydrogens (tertiary/aromatic N) is 2. The lowest BCUT2D eigenvalue weighted by Crippen LogP contribution is -2.55. The third-order valence-corrected chi connectivity index (χ3v) is 7.75. The van der Waals surface area contributed by atoms with Crippen molar-refractivity contribution >= 4 is 11.8 Å². The van der Waals surface area contributed by atoms with Gasteiger partial charge in [-0.2, -0.15) is 0 Å². The lowest BCUT2D eigenvalue weighted by Gasteiger charge is -2.39. The second-order valence-electron chi connectivity index (χ2n) is 9.92. The van der Waals surface area contributed by atoms with E-state index in [0.29, 0.717) is 68.2 Å². The van der Waals surface area contributed by atoms with Crippen molar-refractivity contribution in [1.29, 1.82) is 0 Å². The summed E-state index contributed by atoms with van der Waals surface area (Å²) in [6.07, 6.45) is 3.63. The Morgan fingerprint density at radius 3 is 2.56 bits per heavy atom. The molecule has 6 rings (SSSR count). The largest absolute Gasteiger partial charge is 0.372 e. The third-order valence-electron chi connectivity index (χ3n) is 7.75. The van der Waals surface area contributed by atoms with E-state index >= 15 is 0 Å². The van der Waals surface area contributed by atoms with E-state index in [-0.39, 0.29) is 29.9 Å². The molecule has 1 unspecified atom stereocenters. The number of carbonyl (C=O) groups excluding carboxylic acids is 2. The van der Waals surface area contributed by atoms with E-state index in [1.165, 1.54) is 18.4 Å². The quantitative estimate of drug-likeness (QED) is 0.697. The molecule has 9 nitrogen and oxygen atoms in total. The predicted molar refractivity (Wildman–Crippen MR) is 123 cm³/mol. The number of benzene rings is 1. The van der Waals surface area contributed by atoms with Crippen LogP contribution in [0.1, 0.15) is 52.4 Å². The smallest absolute Gasteiger partial charge is 0.325 e. The molecule has 2 amide bonds. The zero-order valence-electron chi connectivity index (χ0n) is 18.9. The second-order valence-corrected chi connectivity index (χ2v) is 9.92. The maximum Gasteiger partial charge on any atom is 0.325 e. The van der Waals surface area contributed by atoms with Gasteiger partial charge < -0.3 is 19.5 Å². The molecule has 0 bridgehead atoms. The molecule has 0 radical (unpaired) electrons. The lowest BCUT2D eigenvalue weighted by atomic mass is 9.85. The molecule has 0 spiro atoms. The van der Waals surface area contributed by atoms with Gasteiger partial charge in [-0.15, -0.1) is 0 Å². The number of carbonyl (C=O) groups is 2. The summed E-state index contributed by atoms with van der Waals surface area (Å²) < 4.78 is 5.95. The monoisotopic (exact) mass is 464 g/mol. The number of morpholine rings is 1. The Balaban J connectivity index is 1.16. The Kier molecular flexibility index (Phi) is 5.17. The van der Waals surface area contributed by atoms with Gasteiger partial charge in [-0.25, -0.2) is 4.79 Å². The average Bonchev–Trinajstić information content (AvgIpc) is 3.60. The van der Waals surface area contributed by atoms with Crippen LogP contribution in [0.2, 0.25) is 0 Å². The normalized spacial score (nSPS) is 26.2. The fourth-order valence-electron chi connectivity index (χ4n) is 5.73. The molecule has 178 valence electrons. The summed E-state index contributed by atoms with van der Waals surface area (Å²) in [6.45, 7) is 1.81. The molecule has 2 aliphatic carbocycles. The van der Waals surface area contributed by atoms with Crippen LogP contribution in [0.4, 0.5) is 0 Å². The summed E-state index contributed by atoms with van der Waals surface area (Å²) in [5.74, 6) is 0.291. The van der Waals surface area contributed by atoms with Gasteiger partial charge in [0.2, 0.25) is 5.91 Å². The number of H-pyrrole nitrogens is 2. The number of amides is 2. The second kappa shape index (κ2) is 8.23. The minimum atomic E-state index is -0.512. The number of aromatic nitrogens is 2. The highest BCUT2D eigenvalue weighted by atomic mass is 16.5. The molecule has 4 aliphatic rings. The van der Waals surface area contributed by atoms with Crippen molar-refractivity contribution in [2.45, 2.75) is 50.2 Å². The van der Waals surface area contributed by atoms with Gasteiger partial charge in [0.25, 0.3) is 11.5 Å². The van der Waals surface area contributed by atoms with E-state index in [9.17, 15) is 19.2 Å². The van der Waals surface area contributed by atoms with Gasteiger partial charge in [0.1, 0.15) is 0 Å². The first-order valence-corrected chi connectivity index (χ1v) is 12.1. The summed E-state index contributed by atoms with van der Waals surface area (Å²) in [5, 5.41) is 0. The zero-order valence-corrected chi connectivity index (χ0v) is 18.9. The Hall–Kier alpha value is -3.20. The van der Waals surface area contributed by atoms with Crippen LogP contribution in [0.25, 0.3) is 0 Å². The molecule has 2 aliphatic heterocycles. The molecular formula is C25H28N4O5. The fraction of sp³-hybridized carbons (Fsp3) is 0.520. The van der Waals surface area contributed by atoms with E-state index < -0.39 is 11.2 Å². The van der Waals surface area contributed by atoms with Crippen molar-refractivity contribution in [3.05, 3.63) is 67.5 Å². The molecule has 2 N–H and O–H groups in total. The summed E-state index contributed by atoms with van der Waals surface area (Å²) >= 11 is 0. The van der Waals surface area contributed by atoms with Crippen LogP contribution >= 0.6 is 0 Å². The van der Waals surface area contributed by atoms with Crippen LogP contribution in [0.15, 0.2) is 33.9 Å². The van der Waals surface area contributed by atoms with Crippen LogP contribution in [0, 0.1) is 5.92 Å². The van der Waals surface area contributed by atoms with Crippen LogP contribution in [-0.2, 0) is 22.4 Å². The highest BCUT2D eigenvalue weighted by Crippen LogP contribution is 2.40. The van der Waals surface area contributed by atoms with Gasteiger partial charge in [-0.3, -0.25) is 19.4 Å². The summed E-state index contributed by atoms with van der Waals surface area (Å²) in [5.41, 5.74) is 2.15. The Morgan fingerprint density at radius 2 is 1.79 bits per heavy atom. The molecule has 2 aromatic rings. The van der Waals surface area contributed by atoms with Crippen molar-refractivity contribution < 1.29 is 14.3 Å². The Labute approximate surface area is 196 Å². The number of likely N-dealkylation sites (tertiary alicyclic amines) is 1. The summed E-state index contributed by atoms with van der Waals surface area (Å²) in [7, 11) is 0. The number of hydrogen-bond acceptors (Lipinski definition) is 5. The van der Waals surface area contributed by atoms with E-state index in [0.717, 1.165) is 0 Å². The standard InChI is InChI=1S/C25H28N4O5/c30-22-18-11-17(7-8-19(18)26-25(33)27-22)24(32)29-9-10-34-21-13-28(12-20(21)29)23(31)16-5-3-15(4-6-16)14-1-2-14/h3-6,14,17,20-21H,1-2,7-13H2,(H2,26,27,30,33)/t17?,20-,21-/m1/s1. The van der Waals surface area contributed by atoms with Crippen LogP contribution < -0.4 is 11.2 Å². The van der Waals surface area contributed by atoms with Gasteiger partial charge in [-0.05, 0) is 55.7 Å². The minimum absolute atomic E-state index is 0.00219. The SMILES string of the molecule is O=C(c1ccc(C2CC2)cc1)N1C[C@@H]2[C@@H](C1)OCCN2C(=O)C1CCc2[nH]c(=O)[nH]c(=O)c2C1. The molecule has 1 aromatic carbocycles. The van der Waals surface area contributed by atoms with E-state index in [1.807, 2.05) is 17.0 Å². The Bertz CT molecular complexity index is 1250. The summed E-state index contributed by atoms with van der Waals surface area (Å²) in [6, 6.07) is 7.73. The van der Waals surface area contributed by atoms with Crippen LogP contribution in [0.5, 0.6) is 0 Å². The molecule has 1 aromatic heterocycles. The molecule has 34 heavy (non-hydrogen) atoms. The highest BCUT2D eigenvalue weighted by Gasteiger charge is 2.45. The topological polar surface area (TPSA) is 116 Å². The first-order valence-electron chi connectivity index (χ1n) is 12.1. The maximum atomic E-state index is 13.5. The number of aryl methyl sites for hydroxylation is 1. The average molecular weight is 465 g/mol. The number of fused-ring (bicyclic) bond motifs is 2. The number of rotatable bonds is 3. The number of hydrogen-bond donors (Lipinski definition) is 2. The zero-order chi connectivity index (χ0) is 23.4. The first-order chi connectivity index (χ1) is 16.5. The van der Waals surface area contributed by atoms with E-state index in [1.54, 1.807) is 4.90 Å². The van der Waals surface area contributed by atoms with Crippen molar-refractivity contribution in [1.82, 2.24) is 19.8 Å². The Morgan fingerprint density at radius 1 is 1.00 bits per heavy atom. The van der Waals surface area contributed by atoms with Crippen molar-refractivity contribution in [2.24, 2.45) is 5.92 Å². The lowest BCUT2D eigenvalue weighted by molar-refractivity contribution is -0.147. The molecule has 1 saturated carbocycles. The number of nitrogens with one attached hydrogen (secondary N) is 2. The molecule has 3 heterocycles. The number of ether oxygens (including phenoxy) is 1. The van der Waals surface area contributed by atoms with Gasteiger partial charge in [-0.1, -0.05) is 12.1 Å². The summed E-state index contributed by atoms with van der Waals surface area (Å²) in [4.78, 5) is 59.1. The molecule has 9 heteroatoms.